The van der Waals surface area contributed by atoms with Crippen molar-refractivity contribution < 1.29 is 0 Å². The maximum Gasteiger partial charge on any atom is 0.0827 e. The summed E-state index contributed by atoms with van der Waals surface area (Å²) in [4.78, 5) is 9.81. The molecule has 1 aromatic carbocycles. The van der Waals surface area contributed by atoms with Gasteiger partial charge in [-0.15, -0.1) is 0 Å². The predicted octanol–water partition coefficient (Wildman–Crippen LogP) is 2.46. The summed E-state index contributed by atoms with van der Waals surface area (Å²) in [6.45, 7) is 1.15. The summed E-state index contributed by atoms with van der Waals surface area (Å²) in [5.41, 5.74) is 2.11. The van der Waals surface area contributed by atoms with Gasteiger partial charge in [0.2, 0.25) is 0 Å². The van der Waals surface area contributed by atoms with E-state index >= 15 is 0 Å². The maximum absolute atomic E-state index is 9.81. The lowest BCUT2D eigenvalue weighted by atomic mass is 10.3. The predicted molar refractivity (Wildman–Crippen MR) is 63.5 cm³/mol. The van der Waals surface area contributed by atoms with Crippen molar-refractivity contribution in [3.8, 4) is 0 Å². The number of hydrogen-bond donors (Lipinski definition) is 2. The van der Waals surface area contributed by atoms with Crippen LogP contribution >= 0.6 is 9.39 Å². The van der Waals surface area contributed by atoms with Crippen LogP contribution in [0.5, 0.6) is 0 Å². The van der Waals surface area contributed by atoms with E-state index in [1.807, 2.05) is 24.3 Å². The van der Waals surface area contributed by atoms with E-state index in [1.165, 1.54) is 0 Å². The molecule has 4 nitrogen and oxygen atoms in total. The van der Waals surface area contributed by atoms with Crippen molar-refractivity contribution in [3.63, 3.8) is 0 Å². The number of anilines is 2. The fourth-order valence-corrected chi connectivity index (χ4v) is 1.25. The molecule has 1 unspecified atom stereocenters. The van der Waals surface area contributed by atoms with Crippen LogP contribution in [0.4, 0.5) is 11.4 Å². The molecule has 0 aliphatic carbocycles. The molecule has 0 amide bonds. The number of nitrogens with zero attached hydrogens (tertiary/aromatic N) is 1. The van der Waals surface area contributed by atoms with Gasteiger partial charge in [-0.25, -0.2) is 0 Å². The summed E-state index contributed by atoms with van der Waals surface area (Å²) in [5.74, 6) is 0. The van der Waals surface area contributed by atoms with Gasteiger partial charge in [0.05, 0.1) is 6.54 Å². The molecule has 76 valence electrons. The van der Waals surface area contributed by atoms with E-state index in [0.29, 0.717) is 6.54 Å². The molecule has 2 N–H and O–H groups in total. The molecule has 0 fully saturated rings. The molecule has 14 heavy (non-hydrogen) atoms. The SMILES string of the molecule is O=NCCCNc1ccc(NP)cc1. The van der Waals surface area contributed by atoms with E-state index in [2.05, 4.69) is 25.0 Å². The van der Waals surface area contributed by atoms with Gasteiger partial charge >= 0.3 is 0 Å². The van der Waals surface area contributed by atoms with Crippen LogP contribution in [0, 0.1) is 4.91 Å². The van der Waals surface area contributed by atoms with Crippen LogP contribution in [0.2, 0.25) is 0 Å². The van der Waals surface area contributed by atoms with Gasteiger partial charge in [-0.3, -0.25) is 0 Å². The fourth-order valence-electron chi connectivity index (χ4n) is 1.06. The van der Waals surface area contributed by atoms with Crippen LogP contribution in [0.25, 0.3) is 0 Å². The van der Waals surface area contributed by atoms with Crippen molar-refractivity contribution in [2.45, 2.75) is 6.42 Å². The van der Waals surface area contributed by atoms with Crippen molar-refractivity contribution in [2.75, 3.05) is 23.5 Å². The third-order valence-corrected chi connectivity index (χ3v) is 2.14. The first-order valence-corrected chi connectivity index (χ1v) is 5.04. The molecule has 0 saturated carbocycles. The Morgan fingerprint density at radius 2 is 1.86 bits per heavy atom. The van der Waals surface area contributed by atoms with Crippen LogP contribution in [-0.2, 0) is 0 Å². The van der Waals surface area contributed by atoms with Gasteiger partial charge in [0.25, 0.3) is 0 Å². The second-order valence-electron chi connectivity index (χ2n) is 2.85. The first-order chi connectivity index (χ1) is 6.86. The third-order valence-electron chi connectivity index (χ3n) is 1.81. The summed E-state index contributed by atoms with van der Waals surface area (Å²) in [7, 11) is 2.44. The van der Waals surface area contributed by atoms with Crippen LogP contribution in [-0.4, -0.2) is 13.1 Å². The molecular formula is C9H14N3OP. The highest BCUT2D eigenvalue weighted by Crippen LogP contribution is 2.14. The van der Waals surface area contributed by atoms with Crippen molar-refractivity contribution >= 4 is 20.8 Å². The van der Waals surface area contributed by atoms with Gasteiger partial charge in [0.15, 0.2) is 0 Å². The summed E-state index contributed by atoms with van der Waals surface area (Å²) < 4.78 is 0. The molecule has 0 aromatic heterocycles. The van der Waals surface area contributed by atoms with Crippen LogP contribution < -0.4 is 10.4 Å². The van der Waals surface area contributed by atoms with E-state index in [-0.39, 0.29) is 0 Å². The Morgan fingerprint density at radius 1 is 1.21 bits per heavy atom. The lowest BCUT2D eigenvalue weighted by molar-refractivity contribution is 0.870. The molecule has 1 aromatic rings. The Balaban J connectivity index is 2.32. The molecule has 0 heterocycles. The second-order valence-corrected chi connectivity index (χ2v) is 3.14. The lowest BCUT2D eigenvalue weighted by Crippen LogP contribution is -2.02. The minimum atomic E-state index is 0.373. The number of rotatable bonds is 6. The first-order valence-electron chi connectivity index (χ1n) is 4.46. The first kappa shape index (κ1) is 10.9. The lowest BCUT2D eigenvalue weighted by Gasteiger charge is -2.05. The van der Waals surface area contributed by atoms with Gasteiger partial charge in [-0.2, -0.15) is 4.91 Å². The summed E-state index contributed by atoms with van der Waals surface area (Å²) in [6.07, 6.45) is 0.771. The smallest absolute Gasteiger partial charge is 0.0827 e. The molecule has 0 aliphatic rings. The zero-order valence-corrected chi connectivity index (χ0v) is 9.02. The molecule has 0 bridgehead atoms. The molecule has 0 saturated heterocycles. The standard InChI is InChI=1S/C9H14N3OP/c13-11-7-1-6-10-8-2-4-9(12-14)5-3-8/h2-5,10,12H,1,6-7,14H2. The molecular weight excluding hydrogens is 197 g/mol. The Bertz CT molecular complexity index is 276. The summed E-state index contributed by atoms with van der Waals surface area (Å²) >= 11 is 0. The van der Waals surface area contributed by atoms with Crippen molar-refractivity contribution in [1.29, 1.82) is 0 Å². The highest BCUT2D eigenvalue weighted by molar-refractivity contribution is 7.18. The van der Waals surface area contributed by atoms with E-state index in [0.717, 1.165) is 24.3 Å². The quantitative estimate of drug-likeness (QED) is 0.431. The Kier molecular flexibility index (Phi) is 4.94. The molecule has 1 rings (SSSR count). The molecule has 0 spiro atoms. The van der Waals surface area contributed by atoms with Gasteiger partial charge in [0.1, 0.15) is 0 Å². The van der Waals surface area contributed by atoms with E-state index in [4.69, 9.17) is 0 Å². The van der Waals surface area contributed by atoms with Crippen LogP contribution in [0.1, 0.15) is 6.42 Å². The highest BCUT2D eigenvalue weighted by atomic mass is 31.0. The van der Waals surface area contributed by atoms with Crippen molar-refractivity contribution in [2.24, 2.45) is 5.18 Å². The molecule has 5 heteroatoms. The van der Waals surface area contributed by atoms with E-state index in [1.54, 1.807) is 0 Å². The largest absolute Gasteiger partial charge is 0.385 e. The van der Waals surface area contributed by atoms with Gasteiger partial charge < -0.3 is 10.4 Å². The van der Waals surface area contributed by atoms with E-state index < -0.39 is 0 Å². The Labute approximate surface area is 85.7 Å². The summed E-state index contributed by atoms with van der Waals surface area (Å²) in [5, 5.41) is 8.95. The number of hydrogen-bond acceptors (Lipinski definition) is 4. The second kappa shape index (κ2) is 6.33. The summed E-state index contributed by atoms with van der Waals surface area (Å²) in [6, 6.07) is 7.93. The number of nitroso groups, excluding NO2 is 1. The van der Waals surface area contributed by atoms with Gasteiger partial charge in [-0.05, 0) is 40.1 Å². The minimum Gasteiger partial charge on any atom is -0.385 e. The van der Waals surface area contributed by atoms with E-state index in [9.17, 15) is 4.91 Å². The average Bonchev–Trinajstić information content (AvgIpc) is 2.25. The normalized spacial score (nSPS) is 9.50. The number of nitrogens with one attached hydrogen (secondary N) is 2. The highest BCUT2D eigenvalue weighted by Gasteiger charge is 1.92. The van der Waals surface area contributed by atoms with Crippen molar-refractivity contribution in [1.82, 2.24) is 0 Å². The average molecular weight is 211 g/mol. The molecule has 1 atom stereocenters. The van der Waals surface area contributed by atoms with Gasteiger partial charge in [-0.1, -0.05) is 5.18 Å². The molecule has 0 aliphatic heterocycles. The zero-order valence-electron chi connectivity index (χ0n) is 7.86. The number of benzene rings is 1. The third kappa shape index (κ3) is 3.71. The Morgan fingerprint density at radius 3 is 2.43 bits per heavy atom. The maximum atomic E-state index is 9.81. The Hall–Kier alpha value is -1.15. The minimum absolute atomic E-state index is 0.373. The molecule has 0 radical (unpaired) electrons. The van der Waals surface area contributed by atoms with Gasteiger partial charge in [0, 0.05) is 17.9 Å². The topological polar surface area (TPSA) is 53.5 Å². The van der Waals surface area contributed by atoms with Crippen molar-refractivity contribution in [3.05, 3.63) is 29.2 Å². The zero-order chi connectivity index (χ0) is 10.2. The monoisotopic (exact) mass is 211 g/mol. The van der Waals surface area contributed by atoms with Crippen LogP contribution in [0.3, 0.4) is 0 Å². The fraction of sp³-hybridized carbons (Fsp3) is 0.333. The van der Waals surface area contributed by atoms with Crippen LogP contribution in [0.15, 0.2) is 29.4 Å².